The van der Waals surface area contributed by atoms with Crippen molar-refractivity contribution < 1.29 is 4.74 Å². The molecule has 1 aromatic rings. The van der Waals surface area contributed by atoms with E-state index in [-0.39, 0.29) is 0 Å². The van der Waals surface area contributed by atoms with Crippen molar-refractivity contribution in [2.45, 2.75) is 44.8 Å². The van der Waals surface area contributed by atoms with Gasteiger partial charge in [0, 0.05) is 44.6 Å². The van der Waals surface area contributed by atoms with Crippen LogP contribution in [0.5, 0.6) is 0 Å². The molecule has 4 heteroatoms. The highest BCUT2D eigenvalue weighted by Gasteiger charge is 2.20. The summed E-state index contributed by atoms with van der Waals surface area (Å²) in [4.78, 5) is 0. The summed E-state index contributed by atoms with van der Waals surface area (Å²) in [6.45, 7) is 4.13. The van der Waals surface area contributed by atoms with E-state index in [0.29, 0.717) is 12.1 Å². The van der Waals surface area contributed by atoms with E-state index in [2.05, 4.69) is 23.4 Å². The van der Waals surface area contributed by atoms with Gasteiger partial charge in [-0.1, -0.05) is 6.92 Å². The van der Waals surface area contributed by atoms with Crippen LogP contribution in [0, 0.1) is 0 Å². The molecule has 17 heavy (non-hydrogen) atoms. The van der Waals surface area contributed by atoms with Crippen LogP contribution >= 0.6 is 0 Å². The summed E-state index contributed by atoms with van der Waals surface area (Å²) in [7, 11) is 2.00. The van der Waals surface area contributed by atoms with E-state index in [1.54, 1.807) is 0 Å². The van der Waals surface area contributed by atoms with Crippen molar-refractivity contribution in [1.82, 2.24) is 15.1 Å². The summed E-state index contributed by atoms with van der Waals surface area (Å²) in [6, 6.07) is 2.71. The molecule has 0 bridgehead atoms. The quantitative estimate of drug-likeness (QED) is 0.843. The Labute approximate surface area is 103 Å². The SMILES string of the molecule is CCC1CC(NCCc2ccnn2C)CCO1. The van der Waals surface area contributed by atoms with Crippen molar-refractivity contribution in [3.8, 4) is 0 Å². The lowest BCUT2D eigenvalue weighted by Crippen LogP contribution is -2.39. The van der Waals surface area contributed by atoms with Gasteiger partial charge in [0.2, 0.25) is 0 Å². The smallest absolute Gasteiger partial charge is 0.0587 e. The summed E-state index contributed by atoms with van der Waals surface area (Å²) in [5.41, 5.74) is 1.29. The summed E-state index contributed by atoms with van der Waals surface area (Å²) in [5.74, 6) is 0. The van der Waals surface area contributed by atoms with E-state index in [4.69, 9.17) is 4.74 Å². The minimum atomic E-state index is 0.456. The molecule has 2 atom stereocenters. The van der Waals surface area contributed by atoms with E-state index in [9.17, 15) is 0 Å². The minimum absolute atomic E-state index is 0.456. The topological polar surface area (TPSA) is 39.1 Å². The second kappa shape index (κ2) is 6.17. The third-order valence-corrected chi connectivity index (χ3v) is 3.56. The zero-order chi connectivity index (χ0) is 12.1. The van der Waals surface area contributed by atoms with Crippen LogP contribution < -0.4 is 5.32 Å². The lowest BCUT2D eigenvalue weighted by atomic mass is 10.0. The normalized spacial score (nSPS) is 25.1. The first-order valence-electron chi connectivity index (χ1n) is 6.61. The van der Waals surface area contributed by atoms with Gasteiger partial charge in [-0.15, -0.1) is 0 Å². The number of ether oxygens (including phenoxy) is 1. The molecule has 1 aliphatic heterocycles. The Morgan fingerprint density at radius 1 is 1.59 bits per heavy atom. The molecule has 4 nitrogen and oxygen atoms in total. The maximum Gasteiger partial charge on any atom is 0.0587 e. The number of hydrogen-bond donors (Lipinski definition) is 1. The molecule has 1 aromatic heterocycles. The van der Waals surface area contributed by atoms with E-state index < -0.39 is 0 Å². The Kier molecular flexibility index (Phi) is 4.57. The van der Waals surface area contributed by atoms with E-state index >= 15 is 0 Å². The molecule has 0 saturated carbocycles. The fraction of sp³-hybridized carbons (Fsp3) is 0.769. The van der Waals surface area contributed by atoms with Crippen LogP contribution in [-0.2, 0) is 18.2 Å². The van der Waals surface area contributed by atoms with E-state index in [0.717, 1.165) is 38.8 Å². The second-order valence-corrected chi connectivity index (χ2v) is 4.77. The third kappa shape index (κ3) is 3.54. The first-order chi connectivity index (χ1) is 8.29. The molecule has 0 aliphatic carbocycles. The average Bonchev–Trinajstić information content (AvgIpc) is 2.76. The maximum atomic E-state index is 5.67. The van der Waals surface area contributed by atoms with Crippen molar-refractivity contribution >= 4 is 0 Å². The zero-order valence-electron chi connectivity index (χ0n) is 10.9. The van der Waals surface area contributed by atoms with Crippen LogP contribution in [-0.4, -0.2) is 35.1 Å². The van der Waals surface area contributed by atoms with Crippen molar-refractivity contribution in [3.63, 3.8) is 0 Å². The molecule has 0 aromatic carbocycles. The molecule has 1 fully saturated rings. The lowest BCUT2D eigenvalue weighted by Gasteiger charge is -2.29. The minimum Gasteiger partial charge on any atom is -0.378 e. The van der Waals surface area contributed by atoms with Gasteiger partial charge >= 0.3 is 0 Å². The van der Waals surface area contributed by atoms with E-state index in [1.165, 1.54) is 5.69 Å². The first kappa shape index (κ1) is 12.6. The largest absolute Gasteiger partial charge is 0.378 e. The number of nitrogens with one attached hydrogen (secondary N) is 1. The highest BCUT2D eigenvalue weighted by atomic mass is 16.5. The summed E-state index contributed by atoms with van der Waals surface area (Å²) >= 11 is 0. The predicted molar refractivity (Wildman–Crippen MR) is 68.0 cm³/mol. The molecular weight excluding hydrogens is 214 g/mol. The van der Waals surface area contributed by atoms with Crippen molar-refractivity contribution in [2.75, 3.05) is 13.2 Å². The van der Waals surface area contributed by atoms with Crippen LogP contribution in [0.1, 0.15) is 31.9 Å². The summed E-state index contributed by atoms with van der Waals surface area (Å²) < 4.78 is 7.62. The van der Waals surface area contributed by atoms with Gasteiger partial charge in [-0.2, -0.15) is 5.10 Å². The van der Waals surface area contributed by atoms with Gasteiger partial charge in [-0.25, -0.2) is 0 Å². The van der Waals surface area contributed by atoms with Crippen LogP contribution in [0.3, 0.4) is 0 Å². The molecule has 2 unspecified atom stereocenters. The number of aromatic nitrogens is 2. The second-order valence-electron chi connectivity index (χ2n) is 4.77. The Hall–Kier alpha value is -0.870. The Balaban J connectivity index is 1.70. The monoisotopic (exact) mass is 237 g/mol. The molecule has 0 amide bonds. The fourth-order valence-electron chi connectivity index (χ4n) is 2.40. The van der Waals surface area contributed by atoms with Crippen molar-refractivity contribution in [3.05, 3.63) is 18.0 Å². The van der Waals surface area contributed by atoms with Crippen LogP contribution in [0.4, 0.5) is 0 Å². The standard InChI is InChI=1S/C13H23N3O/c1-3-13-10-11(6-9-17-13)14-7-4-12-5-8-15-16(12)2/h5,8,11,13-14H,3-4,6-7,9-10H2,1-2H3. The molecule has 1 saturated heterocycles. The predicted octanol–water partition coefficient (Wildman–Crippen LogP) is 1.51. The van der Waals surface area contributed by atoms with Crippen LogP contribution in [0.15, 0.2) is 12.3 Å². The number of hydrogen-bond acceptors (Lipinski definition) is 3. The van der Waals surface area contributed by atoms with E-state index in [1.807, 2.05) is 17.9 Å². The Morgan fingerprint density at radius 2 is 2.47 bits per heavy atom. The Morgan fingerprint density at radius 3 is 3.18 bits per heavy atom. The van der Waals surface area contributed by atoms with Gasteiger partial charge in [0.05, 0.1) is 6.10 Å². The fourth-order valence-corrected chi connectivity index (χ4v) is 2.40. The maximum absolute atomic E-state index is 5.67. The van der Waals surface area contributed by atoms with Gasteiger partial charge < -0.3 is 10.1 Å². The van der Waals surface area contributed by atoms with Crippen LogP contribution in [0.2, 0.25) is 0 Å². The van der Waals surface area contributed by atoms with Crippen LogP contribution in [0.25, 0.3) is 0 Å². The molecule has 1 N–H and O–H groups in total. The highest BCUT2D eigenvalue weighted by molar-refractivity contribution is 5.00. The molecular formula is C13H23N3O. The molecule has 0 spiro atoms. The highest BCUT2D eigenvalue weighted by Crippen LogP contribution is 2.16. The average molecular weight is 237 g/mol. The molecule has 2 heterocycles. The van der Waals surface area contributed by atoms with Gasteiger partial charge in [0.25, 0.3) is 0 Å². The third-order valence-electron chi connectivity index (χ3n) is 3.56. The molecule has 1 aliphatic rings. The van der Waals surface area contributed by atoms with Gasteiger partial charge in [0.1, 0.15) is 0 Å². The van der Waals surface area contributed by atoms with Crippen molar-refractivity contribution in [1.29, 1.82) is 0 Å². The summed E-state index contributed by atoms with van der Waals surface area (Å²) in [6.07, 6.45) is 6.78. The first-order valence-corrected chi connectivity index (χ1v) is 6.61. The van der Waals surface area contributed by atoms with Gasteiger partial charge in [-0.05, 0) is 25.3 Å². The number of aryl methyl sites for hydroxylation is 1. The Bertz CT molecular complexity index is 337. The lowest BCUT2D eigenvalue weighted by molar-refractivity contribution is 0.0000991. The zero-order valence-corrected chi connectivity index (χ0v) is 10.9. The van der Waals surface area contributed by atoms with Crippen molar-refractivity contribution in [2.24, 2.45) is 7.05 Å². The molecule has 96 valence electrons. The molecule has 0 radical (unpaired) electrons. The van der Waals surface area contributed by atoms with Gasteiger partial charge in [-0.3, -0.25) is 4.68 Å². The summed E-state index contributed by atoms with van der Waals surface area (Å²) in [5, 5.41) is 7.81. The number of nitrogens with zero attached hydrogens (tertiary/aromatic N) is 2. The van der Waals surface area contributed by atoms with Gasteiger partial charge in [0.15, 0.2) is 0 Å². The number of rotatable bonds is 5. The molecule has 2 rings (SSSR count).